The Kier molecular flexibility index (Phi) is 11.0. The fourth-order valence-corrected chi connectivity index (χ4v) is 4.03. The van der Waals surface area contributed by atoms with Crippen molar-refractivity contribution in [1.29, 1.82) is 5.26 Å². The molecule has 2 aromatic rings. The molecule has 0 aromatic heterocycles. The Morgan fingerprint density at radius 3 is 2.27 bits per heavy atom. The van der Waals surface area contributed by atoms with Crippen molar-refractivity contribution < 1.29 is 22.8 Å². The van der Waals surface area contributed by atoms with E-state index >= 15 is 0 Å². The molecule has 0 radical (unpaired) electrons. The largest absolute Gasteiger partial charge is 0.399 e. The van der Waals surface area contributed by atoms with Crippen LogP contribution in [0.1, 0.15) is 48.3 Å². The number of aldehydes is 1. The summed E-state index contributed by atoms with van der Waals surface area (Å²) in [6.07, 6.45) is 3.59. The average Bonchev–Trinajstić information content (AvgIpc) is 3.84. The number of benzene rings is 2. The third kappa shape index (κ3) is 9.32. The quantitative estimate of drug-likeness (QED) is 0.150. The van der Waals surface area contributed by atoms with Gasteiger partial charge in [-0.2, -0.15) is 18.4 Å². The third-order valence-electron chi connectivity index (χ3n) is 6.14. The number of guanidine groups is 1. The summed E-state index contributed by atoms with van der Waals surface area (Å²) < 4.78 is 41.3. The van der Waals surface area contributed by atoms with Crippen LogP contribution in [0, 0.1) is 23.2 Å². The Morgan fingerprint density at radius 1 is 1.15 bits per heavy atom. The molecule has 2 N–H and O–H groups in total. The fourth-order valence-electron chi connectivity index (χ4n) is 3.42. The zero-order chi connectivity index (χ0) is 30.3. The van der Waals surface area contributed by atoms with Gasteiger partial charge in [0.1, 0.15) is 18.7 Å². The first-order valence-corrected chi connectivity index (χ1v) is 13.5. The summed E-state index contributed by atoms with van der Waals surface area (Å²) in [4.78, 5) is 30.8. The van der Waals surface area contributed by atoms with Crippen molar-refractivity contribution in [2.45, 2.75) is 37.8 Å². The second-order valence-electron chi connectivity index (χ2n) is 9.44. The Balaban J connectivity index is 0.000000832. The van der Waals surface area contributed by atoms with Crippen molar-refractivity contribution in [3.8, 4) is 6.07 Å². The highest BCUT2D eigenvalue weighted by Crippen LogP contribution is 2.41. The summed E-state index contributed by atoms with van der Waals surface area (Å²) in [7, 11) is 1.51. The maximum atomic E-state index is 13.8. The molecule has 0 saturated heterocycles. The van der Waals surface area contributed by atoms with Gasteiger partial charge in [-0.3, -0.25) is 9.69 Å². The van der Waals surface area contributed by atoms with E-state index in [-0.39, 0.29) is 49.7 Å². The number of allylic oxidation sites excluding steroid dienone is 1. The molecule has 2 aliphatic rings. The molecule has 0 spiro atoms. The van der Waals surface area contributed by atoms with E-state index in [1.54, 1.807) is 0 Å². The van der Waals surface area contributed by atoms with Crippen LogP contribution in [0.25, 0.3) is 6.08 Å². The topological polar surface area (TPSA) is 112 Å². The van der Waals surface area contributed by atoms with E-state index in [0.717, 1.165) is 56.5 Å². The first-order valence-electron chi connectivity index (χ1n) is 12.4. The summed E-state index contributed by atoms with van der Waals surface area (Å²) in [6, 6.07) is 8.50. The lowest BCUT2D eigenvalue weighted by molar-refractivity contribution is -0.139. The van der Waals surface area contributed by atoms with Gasteiger partial charge in [0.15, 0.2) is 0 Å². The minimum absolute atomic E-state index is 0.0305. The maximum Gasteiger partial charge on any atom is 0.399 e. The number of halogens is 6. The number of rotatable bonds is 7. The van der Waals surface area contributed by atoms with Crippen LogP contribution in [0.4, 0.5) is 18.9 Å². The van der Waals surface area contributed by atoms with Crippen LogP contribution in [-0.2, 0) is 9.59 Å². The number of alkyl halides is 3. The Morgan fingerprint density at radius 2 is 1.78 bits per heavy atom. The van der Waals surface area contributed by atoms with Crippen LogP contribution in [-0.4, -0.2) is 42.6 Å². The van der Waals surface area contributed by atoms with Gasteiger partial charge in [-0.1, -0.05) is 53.0 Å². The first kappa shape index (κ1) is 32.1. The lowest BCUT2D eigenvalue weighted by atomic mass is 9.96. The second kappa shape index (κ2) is 14.0. The molecular formula is C28H25Cl3F3N5O2. The number of hydrogen-bond acceptors (Lipinski definition) is 4. The van der Waals surface area contributed by atoms with Crippen molar-refractivity contribution in [2.24, 2.45) is 27.6 Å². The molecule has 1 unspecified atom stereocenters. The van der Waals surface area contributed by atoms with Crippen LogP contribution in [0.2, 0.25) is 15.1 Å². The summed E-state index contributed by atoms with van der Waals surface area (Å²) >= 11 is 17.7. The molecule has 1 amide bonds. The number of nitriles is 1. The molecule has 41 heavy (non-hydrogen) atoms. The predicted molar refractivity (Wildman–Crippen MR) is 155 cm³/mol. The summed E-state index contributed by atoms with van der Waals surface area (Å²) in [5, 5.41) is 9.25. The van der Waals surface area contributed by atoms with E-state index in [9.17, 15) is 28.0 Å². The molecule has 7 nitrogen and oxygen atoms in total. The van der Waals surface area contributed by atoms with Crippen LogP contribution in [0.3, 0.4) is 0 Å². The van der Waals surface area contributed by atoms with Gasteiger partial charge in [-0.05, 0) is 61.1 Å². The van der Waals surface area contributed by atoms with Gasteiger partial charge in [0, 0.05) is 18.9 Å². The van der Waals surface area contributed by atoms with Crippen LogP contribution >= 0.6 is 34.8 Å². The summed E-state index contributed by atoms with van der Waals surface area (Å²) in [6.45, 7) is 0. The SMILES string of the molecule is CN(C(=O)C1CC1)C(N)=NC=Nc1ccc(/C=C/C(c2cc(Cl)c(Cl)c(Cl)c2)C(F)(F)F)cc1C#N.O=CC1CC1. The monoisotopic (exact) mass is 625 g/mol. The number of hydrogen-bond donors (Lipinski definition) is 1. The van der Waals surface area contributed by atoms with Crippen LogP contribution < -0.4 is 5.73 Å². The lowest BCUT2D eigenvalue weighted by Crippen LogP contribution is -2.39. The second-order valence-corrected chi connectivity index (χ2v) is 10.6. The van der Waals surface area contributed by atoms with Crippen LogP contribution in [0.15, 0.2) is 46.4 Å². The zero-order valence-corrected chi connectivity index (χ0v) is 24.0. The molecule has 216 valence electrons. The van der Waals surface area contributed by atoms with E-state index in [1.165, 1.54) is 36.2 Å². The van der Waals surface area contributed by atoms with Crippen molar-refractivity contribution in [1.82, 2.24) is 4.90 Å². The van der Waals surface area contributed by atoms with Gasteiger partial charge in [0.25, 0.3) is 0 Å². The highest BCUT2D eigenvalue weighted by Gasteiger charge is 2.39. The number of nitrogens with two attached hydrogens (primary N) is 1. The molecule has 0 aliphatic heterocycles. The van der Waals surface area contributed by atoms with Crippen molar-refractivity contribution in [3.63, 3.8) is 0 Å². The number of amides is 1. The fraction of sp³-hybridized carbons (Fsp3) is 0.321. The average molecular weight is 627 g/mol. The Hall–Kier alpha value is -3.39. The van der Waals surface area contributed by atoms with Gasteiger partial charge in [-0.15, -0.1) is 0 Å². The van der Waals surface area contributed by atoms with E-state index in [0.29, 0.717) is 11.5 Å². The number of carbonyl (C=O) groups excluding carboxylic acids is 2. The molecule has 2 aliphatic carbocycles. The van der Waals surface area contributed by atoms with E-state index < -0.39 is 12.1 Å². The Labute approximate surface area is 250 Å². The molecule has 2 fully saturated rings. The highest BCUT2D eigenvalue weighted by molar-refractivity contribution is 6.48. The third-order valence-corrected chi connectivity index (χ3v) is 7.34. The molecule has 1 atom stereocenters. The Bertz CT molecular complexity index is 1410. The standard InChI is InChI=1S/C24H19Cl3F3N5O.C4H6O/c1-35(22(36)14-4-5-14)23(32)34-12-33-20-7-3-13(8-16(20)11-31)2-6-17(24(28,29)30)15-9-18(25)21(27)19(26)10-15;5-3-4-1-2-4/h2-3,6-10,12,14,17H,4-5H2,1H3,(H2,32,33,34);3-4H,1-2H2/b6-2+;. The molecule has 13 heteroatoms. The zero-order valence-electron chi connectivity index (χ0n) is 21.7. The van der Waals surface area contributed by atoms with Gasteiger partial charge in [0.2, 0.25) is 11.9 Å². The van der Waals surface area contributed by atoms with Crippen molar-refractivity contribution in [2.75, 3.05) is 7.05 Å². The van der Waals surface area contributed by atoms with Gasteiger partial charge in [0.05, 0.1) is 32.2 Å². The first-order chi connectivity index (χ1) is 19.3. The van der Waals surface area contributed by atoms with Crippen molar-refractivity contribution in [3.05, 3.63) is 68.2 Å². The minimum atomic E-state index is -4.63. The lowest BCUT2D eigenvalue weighted by Gasteiger charge is -2.18. The number of aliphatic imine (C=N–C) groups is 2. The van der Waals surface area contributed by atoms with Crippen LogP contribution in [0.5, 0.6) is 0 Å². The molecule has 0 bridgehead atoms. The van der Waals surface area contributed by atoms with E-state index in [2.05, 4.69) is 9.98 Å². The van der Waals surface area contributed by atoms with Crippen molar-refractivity contribution >= 4 is 71.1 Å². The van der Waals surface area contributed by atoms with E-state index in [1.807, 2.05) is 6.07 Å². The minimum Gasteiger partial charge on any atom is -0.369 e. The maximum absolute atomic E-state index is 13.8. The van der Waals surface area contributed by atoms with E-state index in [4.69, 9.17) is 40.5 Å². The van der Waals surface area contributed by atoms with Gasteiger partial charge >= 0.3 is 6.18 Å². The molecule has 0 heterocycles. The molecule has 2 saturated carbocycles. The predicted octanol–water partition coefficient (Wildman–Crippen LogP) is 7.32. The van der Waals surface area contributed by atoms with Gasteiger partial charge < -0.3 is 10.5 Å². The molecule has 4 rings (SSSR count). The normalized spacial score (nSPS) is 16.2. The molecule has 2 aromatic carbocycles. The summed E-state index contributed by atoms with van der Waals surface area (Å²) in [5.41, 5.74) is 6.28. The molecular weight excluding hydrogens is 602 g/mol. The smallest absolute Gasteiger partial charge is 0.369 e. The number of nitrogens with zero attached hydrogens (tertiary/aromatic N) is 4. The van der Waals surface area contributed by atoms with Gasteiger partial charge in [-0.25, -0.2) is 9.98 Å². The number of carbonyl (C=O) groups is 2. The summed E-state index contributed by atoms with van der Waals surface area (Å²) in [5.74, 6) is -1.76. The highest BCUT2D eigenvalue weighted by atomic mass is 35.5.